The van der Waals surface area contributed by atoms with E-state index in [9.17, 15) is 0 Å². The summed E-state index contributed by atoms with van der Waals surface area (Å²) in [7, 11) is 0. The number of hydrogen-bond acceptors (Lipinski definition) is 2. The molecule has 0 bridgehead atoms. The van der Waals surface area contributed by atoms with E-state index in [0.29, 0.717) is 0 Å². The van der Waals surface area contributed by atoms with Crippen molar-refractivity contribution in [2.45, 2.75) is 5.41 Å². The maximum Gasteiger partial charge on any atom is 0.0726 e. The molecule has 0 unspecified atom stereocenters. The first-order valence-electron chi connectivity index (χ1n) is 17.7. The Morgan fingerprint density at radius 3 is 1.63 bits per heavy atom. The van der Waals surface area contributed by atoms with Gasteiger partial charge in [0.05, 0.1) is 5.41 Å². The summed E-state index contributed by atoms with van der Waals surface area (Å²) in [4.78, 5) is 2.33. The van der Waals surface area contributed by atoms with Crippen molar-refractivity contribution < 1.29 is 0 Å². The number of para-hydroxylation sites is 2. The topological polar surface area (TPSA) is 3.24 Å². The average molecular weight is 700 g/mol. The van der Waals surface area contributed by atoms with Gasteiger partial charge in [0.1, 0.15) is 0 Å². The predicted octanol–water partition coefficient (Wildman–Crippen LogP) is 14.2. The molecule has 3 heteroatoms. The van der Waals surface area contributed by atoms with Gasteiger partial charge in [0, 0.05) is 42.3 Å². The highest BCUT2D eigenvalue weighted by atomic mass is 35.5. The van der Waals surface area contributed by atoms with Crippen LogP contribution in [0.15, 0.2) is 182 Å². The van der Waals surface area contributed by atoms with Crippen LogP contribution in [0, 0.1) is 0 Å². The molecule has 0 fully saturated rings. The zero-order valence-corrected chi connectivity index (χ0v) is 29.6. The van der Waals surface area contributed by atoms with Crippen LogP contribution in [0.1, 0.15) is 22.3 Å². The molecule has 0 radical (unpaired) electrons. The molecule has 52 heavy (non-hydrogen) atoms. The SMILES string of the molecule is Clc1cc(-c2ccc3sc4cc(N(c5ccccc5)c5ccccc5)ccc4c3c2)c2c(c1)C1(c3ccccc3-c3ccccc31)c1ccccc1-2. The summed E-state index contributed by atoms with van der Waals surface area (Å²) in [5.41, 5.74) is 15.7. The molecule has 0 saturated heterocycles. The molecule has 1 heterocycles. The highest BCUT2D eigenvalue weighted by Gasteiger charge is 2.52. The van der Waals surface area contributed by atoms with Crippen LogP contribution in [0.5, 0.6) is 0 Å². The van der Waals surface area contributed by atoms with E-state index >= 15 is 0 Å². The van der Waals surface area contributed by atoms with Crippen LogP contribution in [0.25, 0.3) is 53.6 Å². The number of halogens is 1. The lowest BCUT2D eigenvalue weighted by Gasteiger charge is -2.30. The van der Waals surface area contributed by atoms with Crippen molar-refractivity contribution in [1.82, 2.24) is 0 Å². The molecule has 0 amide bonds. The highest BCUT2D eigenvalue weighted by molar-refractivity contribution is 7.25. The molecule has 11 rings (SSSR count). The van der Waals surface area contributed by atoms with Crippen LogP contribution in [-0.2, 0) is 5.41 Å². The molecule has 0 N–H and O–H groups in total. The first-order valence-corrected chi connectivity index (χ1v) is 18.9. The van der Waals surface area contributed by atoms with E-state index < -0.39 is 5.41 Å². The Hall–Kier alpha value is -5.93. The van der Waals surface area contributed by atoms with Gasteiger partial charge in [0.2, 0.25) is 0 Å². The summed E-state index contributed by atoms with van der Waals surface area (Å²) in [5, 5.41) is 3.28. The van der Waals surface area contributed by atoms with Crippen LogP contribution in [0.4, 0.5) is 17.1 Å². The van der Waals surface area contributed by atoms with Crippen LogP contribution < -0.4 is 4.90 Å². The van der Waals surface area contributed by atoms with Gasteiger partial charge in [0.15, 0.2) is 0 Å². The van der Waals surface area contributed by atoms with Gasteiger partial charge in [-0.25, -0.2) is 0 Å². The van der Waals surface area contributed by atoms with Gasteiger partial charge in [-0.05, 0) is 116 Å². The highest BCUT2D eigenvalue weighted by Crippen LogP contribution is 2.64. The lowest BCUT2D eigenvalue weighted by Crippen LogP contribution is -2.25. The molecule has 244 valence electrons. The van der Waals surface area contributed by atoms with Crippen molar-refractivity contribution >= 4 is 60.2 Å². The van der Waals surface area contributed by atoms with E-state index in [-0.39, 0.29) is 0 Å². The number of thiophene rings is 1. The first kappa shape index (κ1) is 29.8. The minimum absolute atomic E-state index is 0.433. The van der Waals surface area contributed by atoms with Gasteiger partial charge in [-0.1, -0.05) is 133 Å². The molecule has 9 aromatic rings. The Morgan fingerprint density at radius 2 is 0.981 bits per heavy atom. The van der Waals surface area contributed by atoms with Crippen molar-refractivity contribution in [3.8, 4) is 33.4 Å². The van der Waals surface area contributed by atoms with Crippen LogP contribution in [-0.4, -0.2) is 0 Å². The molecule has 2 aliphatic carbocycles. The smallest absolute Gasteiger partial charge is 0.0726 e. The Balaban J connectivity index is 1.11. The van der Waals surface area contributed by atoms with Gasteiger partial charge >= 0.3 is 0 Å². The summed E-state index contributed by atoms with van der Waals surface area (Å²) in [6.45, 7) is 0. The number of benzene rings is 8. The normalized spacial score (nSPS) is 13.2. The summed E-state index contributed by atoms with van der Waals surface area (Å²) in [6.07, 6.45) is 0. The second-order valence-corrected chi connectivity index (χ2v) is 15.3. The van der Waals surface area contributed by atoms with Crippen molar-refractivity contribution in [3.05, 3.63) is 209 Å². The summed E-state index contributed by atoms with van der Waals surface area (Å²) in [5.74, 6) is 0. The molecule has 2 aliphatic rings. The van der Waals surface area contributed by atoms with Crippen LogP contribution in [0.2, 0.25) is 5.02 Å². The molecule has 8 aromatic carbocycles. The van der Waals surface area contributed by atoms with E-state index in [1.165, 1.54) is 75.8 Å². The molecule has 1 aromatic heterocycles. The summed E-state index contributed by atoms with van der Waals surface area (Å²) >= 11 is 9.03. The van der Waals surface area contributed by atoms with Gasteiger partial charge in [-0.3, -0.25) is 0 Å². The number of rotatable bonds is 4. The number of nitrogens with zero attached hydrogens (tertiary/aromatic N) is 1. The third-order valence-corrected chi connectivity index (χ3v) is 12.5. The zero-order chi connectivity index (χ0) is 34.4. The minimum atomic E-state index is -0.433. The third-order valence-electron chi connectivity index (χ3n) is 11.1. The lowest BCUT2D eigenvalue weighted by molar-refractivity contribution is 0.794. The largest absolute Gasteiger partial charge is 0.310 e. The Morgan fingerprint density at radius 1 is 0.404 bits per heavy atom. The van der Waals surface area contributed by atoms with Gasteiger partial charge < -0.3 is 4.90 Å². The molecule has 0 saturated carbocycles. The lowest BCUT2D eigenvalue weighted by atomic mass is 9.70. The van der Waals surface area contributed by atoms with E-state index in [1.54, 1.807) is 0 Å². The molecule has 1 spiro atoms. The van der Waals surface area contributed by atoms with Crippen LogP contribution >= 0.6 is 22.9 Å². The second-order valence-electron chi connectivity index (χ2n) is 13.8. The molecule has 0 aliphatic heterocycles. The van der Waals surface area contributed by atoms with E-state index in [1.807, 2.05) is 11.3 Å². The number of fused-ring (bicyclic) bond motifs is 13. The predicted molar refractivity (Wildman–Crippen MR) is 221 cm³/mol. The van der Waals surface area contributed by atoms with Crippen molar-refractivity contribution in [2.75, 3.05) is 4.90 Å². The summed E-state index contributed by atoms with van der Waals surface area (Å²) in [6, 6.07) is 66.3. The van der Waals surface area contributed by atoms with Gasteiger partial charge in [-0.2, -0.15) is 0 Å². The minimum Gasteiger partial charge on any atom is -0.310 e. The number of anilines is 3. The zero-order valence-electron chi connectivity index (χ0n) is 28.1. The maximum absolute atomic E-state index is 7.17. The molecule has 0 atom stereocenters. The number of hydrogen-bond donors (Lipinski definition) is 0. The fraction of sp³-hybridized carbons (Fsp3) is 0.0204. The third kappa shape index (κ3) is 4.11. The van der Waals surface area contributed by atoms with Crippen molar-refractivity contribution in [1.29, 1.82) is 0 Å². The Kier molecular flexibility index (Phi) is 6.46. The maximum atomic E-state index is 7.17. The first-order chi connectivity index (χ1) is 25.7. The van der Waals surface area contributed by atoms with E-state index in [4.69, 9.17) is 11.6 Å². The monoisotopic (exact) mass is 699 g/mol. The van der Waals surface area contributed by atoms with Crippen molar-refractivity contribution in [2.24, 2.45) is 0 Å². The molecular formula is C49H30ClNS. The fourth-order valence-electron chi connectivity index (χ4n) is 9.08. The van der Waals surface area contributed by atoms with Gasteiger partial charge in [0.25, 0.3) is 0 Å². The van der Waals surface area contributed by atoms with E-state index in [2.05, 4.69) is 187 Å². The average Bonchev–Trinajstić information content (AvgIpc) is 3.82. The Labute approximate surface area is 311 Å². The quantitative estimate of drug-likeness (QED) is 0.177. The van der Waals surface area contributed by atoms with Crippen LogP contribution in [0.3, 0.4) is 0 Å². The van der Waals surface area contributed by atoms with Gasteiger partial charge in [-0.15, -0.1) is 11.3 Å². The standard InChI is InChI=1S/C49H30ClNS/c50-32-28-40(48-39-19-9-12-22-44(39)49(45(48)29-32)42-20-10-7-17-36(42)37-18-8-11-21-43(37)49)31-23-26-46-41(27-31)38-25-24-35(30-47(38)52-46)51(33-13-3-1-4-14-33)34-15-5-2-6-16-34/h1-30H. The fourth-order valence-corrected chi connectivity index (χ4v) is 10.4. The molecular weight excluding hydrogens is 670 g/mol. The molecule has 1 nitrogen and oxygen atoms in total. The second kappa shape index (κ2) is 11.3. The Bertz CT molecular complexity index is 2790. The summed E-state index contributed by atoms with van der Waals surface area (Å²) < 4.78 is 2.54. The van der Waals surface area contributed by atoms with E-state index in [0.717, 1.165) is 22.1 Å². The van der Waals surface area contributed by atoms with Crippen molar-refractivity contribution in [3.63, 3.8) is 0 Å².